The number of rotatable bonds is 12. The SMILES string of the molecule is CC(C)(C)OC(=O)C[C@H](CC(=O)[C@@H]1CCCN(C(=O)CCC2CCN(C(=O)OC(C)(C)C)CC2)C1)c1cncc(OCc2ccccc2)c1. The van der Waals surface area contributed by atoms with Crippen LogP contribution in [0.3, 0.4) is 0 Å². The maximum Gasteiger partial charge on any atom is 0.410 e. The van der Waals surface area contributed by atoms with Gasteiger partial charge in [-0.2, -0.15) is 0 Å². The highest BCUT2D eigenvalue weighted by molar-refractivity contribution is 5.84. The predicted octanol–water partition coefficient (Wildman–Crippen LogP) is 7.10. The van der Waals surface area contributed by atoms with Crippen LogP contribution in [0, 0.1) is 11.8 Å². The summed E-state index contributed by atoms with van der Waals surface area (Å²) in [5, 5.41) is 0. The Morgan fingerprint density at radius 2 is 1.55 bits per heavy atom. The number of amides is 2. The Balaban J connectivity index is 1.33. The molecular formula is C39H55N3O7. The van der Waals surface area contributed by atoms with E-state index in [0.717, 1.165) is 36.8 Å². The van der Waals surface area contributed by atoms with E-state index in [1.54, 1.807) is 17.3 Å². The second kappa shape index (κ2) is 17.1. The first-order valence-electron chi connectivity index (χ1n) is 17.8. The molecule has 2 aromatic rings. The first-order chi connectivity index (χ1) is 23.1. The number of nitrogens with zero attached hydrogens (tertiary/aromatic N) is 3. The number of hydrogen-bond acceptors (Lipinski definition) is 8. The second-order valence-corrected chi connectivity index (χ2v) is 15.5. The minimum absolute atomic E-state index is 0.0366. The summed E-state index contributed by atoms with van der Waals surface area (Å²) in [5.74, 6) is -0.0547. The van der Waals surface area contributed by atoms with Crippen LogP contribution >= 0.6 is 0 Å². The normalized spacial score (nSPS) is 18.0. The van der Waals surface area contributed by atoms with Gasteiger partial charge in [0.1, 0.15) is 29.3 Å². The standard InChI is InChI=1S/C39H55N3O7/c1-38(2,3)48-36(45)23-31(32-21-33(25-40-24-32)47-27-29-11-8-7-9-12-29)22-34(43)30-13-10-18-42(26-30)35(44)15-14-28-16-19-41(20-17-28)37(46)49-39(4,5)6/h7-9,11-12,21,24-25,28,30-31H,10,13-20,22-23,26-27H2,1-6H3/t30-,31+/m1/s1. The Hall–Kier alpha value is -3.95. The molecule has 10 heteroatoms. The van der Waals surface area contributed by atoms with E-state index < -0.39 is 17.1 Å². The van der Waals surface area contributed by atoms with E-state index in [-0.39, 0.29) is 42.5 Å². The molecule has 268 valence electrons. The maximum atomic E-state index is 13.8. The van der Waals surface area contributed by atoms with E-state index in [4.69, 9.17) is 14.2 Å². The van der Waals surface area contributed by atoms with Crippen molar-refractivity contribution in [2.24, 2.45) is 11.8 Å². The number of ether oxygens (including phenoxy) is 3. The van der Waals surface area contributed by atoms with Crippen molar-refractivity contribution in [3.63, 3.8) is 0 Å². The number of Topliss-reactive ketones (excluding diaryl/α,β-unsaturated/α-hetero) is 1. The van der Waals surface area contributed by atoms with Gasteiger partial charge in [0.05, 0.1) is 12.6 Å². The molecule has 2 atom stereocenters. The fourth-order valence-corrected chi connectivity index (χ4v) is 6.46. The molecule has 0 N–H and O–H groups in total. The Morgan fingerprint density at radius 3 is 2.22 bits per heavy atom. The number of piperidine rings is 2. The molecule has 2 amide bonds. The van der Waals surface area contributed by atoms with Gasteiger partial charge in [0, 0.05) is 57.1 Å². The first kappa shape index (κ1) is 37.9. The molecule has 49 heavy (non-hydrogen) atoms. The van der Waals surface area contributed by atoms with E-state index in [2.05, 4.69) is 4.98 Å². The fraction of sp³-hybridized carbons (Fsp3) is 0.615. The Morgan fingerprint density at radius 1 is 0.857 bits per heavy atom. The number of aromatic nitrogens is 1. The summed E-state index contributed by atoms with van der Waals surface area (Å²) in [5.41, 5.74) is 0.594. The Kier molecular flexibility index (Phi) is 13.2. The number of carbonyl (C=O) groups is 4. The van der Waals surface area contributed by atoms with Crippen molar-refractivity contribution in [1.82, 2.24) is 14.8 Å². The maximum absolute atomic E-state index is 13.8. The van der Waals surface area contributed by atoms with Crippen molar-refractivity contribution in [1.29, 1.82) is 0 Å². The van der Waals surface area contributed by atoms with Crippen molar-refractivity contribution < 1.29 is 33.4 Å². The third-order valence-electron chi connectivity index (χ3n) is 9.00. The molecule has 0 spiro atoms. The van der Waals surface area contributed by atoms with Gasteiger partial charge in [-0.05, 0) is 96.8 Å². The molecule has 1 aromatic heterocycles. The third kappa shape index (κ3) is 12.8. The zero-order valence-electron chi connectivity index (χ0n) is 30.2. The fourth-order valence-electron chi connectivity index (χ4n) is 6.46. The third-order valence-corrected chi connectivity index (χ3v) is 9.00. The topological polar surface area (TPSA) is 115 Å². The molecule has 0 bridgehead atoms. The van der Waals surface area contributed by atoms with Crippen LogP contribution in [0.15, 0.2) is 48.8 Å². The zero-order chi connectivity index (χ0) is 35.6. The molecule has 0 saturated carbocycles. The minimum Gasteiger partial charge on any atom is -0.487 e. The van der Waals surface area contributed by atoms with Gasteiger partial charge >= 0.3 is 12.1 Å². The molecule has 0 aliphatic carbocycles. The summed E-state index contributed by atoms with van der Waals surface area (Å²) >= 11 is 0. The first-order valence-corrected chi connectivity index (χ1v) is 17.8. The molecule has 4 rings (SSSR count). The average Bonchev–Trinajstić information content (AvgIpc) is 3.05. The molecule has 2 aliphatic heterocycles. The molecule has 2 fully saturated rings. The van der Waals surface area contributed by atoms with E-state index in [1.807, 2.05) is 82.8 Å². The summed E-state index contributed by atoms with van der Waals surface area (Å²) in [6, 6.07) is 11.7. The zero-order valence-corrected chi connectivity index (χ0v) is 30.2. The van der Waals surface area contributed by atoms with Crippen LogP contribution in [0.5, 0.6) is 5.75 Å². The van der Waals surface area contributed by atoms with Crippen molar-refractivity contribution in [3.8, 4) is 5.75 Å². The summed E-state index contributed by atoms with van der Waals surface area (Å²) in [6.45, 7) is 13.8. The van der Waals surface area contributed by atoms with Gasteiger partial charge < -0.3 is 24.0 Å². The highest BCUT2D eigenvalue weighted by Gasteiger charge is 2.33. The van der Waals surface area contributed by atoms with Crippen LogP contribution in [-0.4, -0.2) is 75.9 Å². The lowest BCUT2D eigenvalue weighted by Gasteiger charge is -2.35. The number of ketones is 1. The quantitative estimate of drug-likeness (QED) is 0.219. The lowest BCUT2D eigenvalue weighted by molar-refractivity contribution is -0.155. The molecule has 2 aliphatic rings. The largest absolute Gasteiger partial charge is 0.487 e. The van der Waals surface area contributed by atoms with Crippen LogP contribution in [0.1, 0.15) is 110 Å². The summed E-state index contributed by atoms with van der Waals surface area (Å²) in [7, 11) is 0. The van der Waals surface area contributed by atoms with Crippen LogP contribution < -0.4 is 4.74 Å². The van der Waals surface area contributed by atoms with Crippen molar-refractivity contribution >= 4 is 23.8 Å². The lowest BCUT2D eigenvalue weighted by Crippen LogP contribution is -2.43. The van der Waals surface area contributed by atoms with E-state index in [0.29, 0.717) is 57.3 Å². The molecule has 0 unspecified atom stereocenters. The van der Waals surface area contributed by atoms with E-state index in [9.17, 15) is 19.2 Å². The monoisotopic (exact) mass is 677 g/mol. The van der Waals surface area contributed by atoms with Gasteiger partial charge in [0.25, 0.3) is 0 Å². The minimum atomic E-state index is -0.649. The van der Waals surface area contributed by atoms with Gasteiger partial charge in [0.2, 0.25) is 5.91 Å². The van der Waals surface area contributed by atoms with Crippen LogP contribution in [0.25, 0.3) is 0 Å². The number of esters is 1. The highest BCUT2D eigenvalue weighted by Crippen LogP contribution is 2.31. The molecule has 0 radical (unpaired) electrons. The van der Waals surface area contributed by atoms with Crippen LogP contribution in [0.2, 0.25) is 0 Å². The van der Waals surface area contributed by atoms with E-state index >= 15 is 0 Å². The van der Waals surface area contributed by atoms with Crippen molar-refractivity contribution in [2.45, 2.75) is 117 Å². The number of hydrogen-bond donors (Lipinski definition) is 0. The summed E-state index contributed by atoms with van der Waals surface area (Å²) in [4.78, 5) is 60.5. The average molecular weight is 678 g/mol. The highest BCUT2D eigenvalue weighted by atomic mass is 16.6. The molecule has 1 aromatic carbocycles. The van der Waals surface area contributed by atoms with Gasteiger partial charge in [-0.3, -0.25) is 19.4 Å². The van der Waals surface area contributed by atoms with Gasteiger partial charge in [0.15, 0.2) is 0 Å². The van der Waals surface area contributed by atoms with Crippen molar-refractivity contribution in [3.05, 3.63) is 59.9 Å². The Labute approximate surface area is 291 Å². The number of carbonyl (C=O) groups excluding carboxylic acids is 4. The summed E-state index contributed by atoms with van der Waals surface area (Å²) < 4.78 is 17.1. The number of benzene rings is 1. The molecule has 10 nitrogen and oxygen atoms in total. The summed E-state index contributed by atoms with van der Waals surface area (Å²) in [6.07, 6.45) is 7.59. The second-order valence-electron chi connectivity index (χ2n) is 15.5. The lowest BCUT2D eigenvalue weighted by atomic mass is 9.84. The van der Waals surface area contributed by atoms with E-state index in [1.165, 1.54) is 0 Å². The van der Waals surface area contributed by atoms with Gasteiger partial charge in [-0.15, -0.1) is 0 Å². The predicted molar refractivity (Wildman–Crippen MR) is 187 cm³/mol. The number of likely N-dealkylation sites (tertiary alicyclic amines) is 2. The van der Waals surface area contributed by atoms with Crippen LogP contribution in [-0.2, 0) is 30.5 Å². The molecule has 3 heterocycles. The molecule has 2 saturated heterocycles. The molecular weight excluding hydrogens is 622 g/mol. The van der Waals surface area contributed by atoms with Crippen LogP contribution in [0.4, 0.5) is 4.79 Å². The number of pyridine rings is 1. The van der Waals surface area contributed by atoms with Gasteiger partial charge in [-0.1, -0.05) is 30.3 Å². The van der Waals surface area contributed by atoms with Crippen molar-refractivity contribution in [2.75, 3.05) is 26.2 Å². The smallest absolute Gasteiger partial charge is 0.410 e. The van der Waals surface area contributed by atoms with Gasteiger partial charge in [-0.25, -0.2) is 4.79 Å². The Bertz CT molecular complexity index is 1410.